The number of ether oxygens (including phenoxy) is 1. The molecular weight excluding hydrogens is 342 g/mol. The van der Waals surface area contributed by atoms with E-state index in [-0.39, 0.29) is 18.4 Å². The van der Waals surface area contributed by atoms with Crippen LogP contribution in [0.1, 0.15) is 33.6 Å². The smallest absolute Gasteiger partial charge is 0.326 e. The molecule has 0 aliphatic carbocycles. The number of likely N-dealkylation sites (N-methyl/N-ethyl adjacent to an activating group) is 1. The Bertz CT molecular complexity index is 605. The quantitative estimate of drug-likeness (QED) is 0.685. The summed E-state index contributed by atoms with van der Waals surface area (Å²) in [6.45, 7) is 10.4. The lowest BCUT2D eigenvalue weighted by Gasteiger charge is -2.36. The average Bonchev–Trinajstić information content (AvgIpc) is 2.61. The maximum absolute atomic E-state index is 12.2. The van der Waals surface area contributed by atoms with E-state index >= 15 is 0 Å². The number of hydrogen-bond donors (Lipinski definition) is 0. The van der Waals surface area contributed by atoms with Crippen molar-refractivity contribution < 1.29 is 14.3 Å². The van der Waals surface area contributed by atoms with Crippen molar-refractivity contribution in [1.29, 1.82) is 0 Å². The Balaban J connectivity index is 1.63. The van der Waals surface area contributed by atoms with Crippen LogP contribution in [0.5, 0.6) is 0 Å². The van der Waals surface area contributed by atoms with Crippen LogP contribution in [0.25, 0.3) is 0 Å². The molecule has 1 heterocycles. The monoisotopic (exact) mass is 375 g/mol. The maximum Gasteiger partial charge on any atom is 0.326 e. The second-order valence-electron chi connectivity index (χ2n) is 8.10. The molecule has 0 saturated carbocycles. The molecule has 0 aromatic heterocycles. The van der Waals surface area contributed by atoms with Crippen molar-refractivity contribution in [2.24, 2.45) is 0 Å². The van der Waals surface area contributed by atoms with Gasteiger partial charge >= 0.3 is 5.97 Å². The minimum absolute atomic E-state index is 0.00581. The lowest BCUT2D eigenvalue weighted by molar-refractivity contribution is -0.158. The zero-order valence-electron chi connectivity index (χ0n) is 17.1. The molecule has 1 aromatic carbocycles. The van der Waals surface area contributed by atoms with Gasteiger partial charge in [-0.2, -0.15) is 0 Å². The van der Waals surface area contributed by atoms with E-state index in [4.69, 9.17) is 4.74 Å². The normalized spacial score (nSPS) is 15.5. The summed E-state index contributed by atoms with van der Waals surface area (Å²) < 4.78 is 5.26. The van der Waals surface area contributed by atoms with Gasteiger partial charge in [-0.3, -0.25) is 14.5 Å². The van der Waals surface area contributed by atoms with Gasteiger partial charge in [0.25, 0.3) is 0 Å². The van der Waals surface area contributed by atoms with E-state index in [1.807, 2.05) is 26.8 Å². The second-order valence-corrected chi connectivity index (χ2v) is 8.10. The summed E-state index contributed by atoms with van der Waals surface area (Å²) in [5.41, 5.74) is 0.749. The Morgan fingerprint density at radius 2 is 1.70 bits per heavy atom. The van der Waals surface area contributed by atoms with Crippen LogP contribution in [0.4, 0.5) is 5.69 Å². The zero-order valence-corrected chi connectivity index (χ0v) is 17.1. The van der Waals surface area contributed by atoms with Gasteiger partial charge in [-0.1, -0.05) is 18.2 Å². The molecule has 2 rings (SSSR count). The minimum Gasteiger partial charge on any atom is -0.459 e. The van der Waals surface area contributed by atoms with Crippen molar-refractivity contribution in [3.8, 4) is 0 Å². The molecule has 1 aliphatic rings. The van der Waals surface area contributed by atoms with Crippen molar-refractivity contribution in [3.05, 3.63) is 30.3 Å². The summed E-state index contributed by atoms with van der Waals surface area (Å²) in [4.78, 5) is 30.3. The van der Waals surface area contributed by atoms with E-state index < -0.39 is 5.60 Å². The third-order valence-electron chi connectivity index (χ3n) is 4.57. The van der Waals surface area contributed by atoms with Crippen LogP contribution < -0.4 is 4.90 Å². The van der Waals surface area contributed by atoms with Gasteiger partial charge < -0.3 is 14.5 Å². The number of rotatable bonds is 7. The van der Waals surface area contributed by atoms with Crippen LogP contribution in [0, 0.1) is 0 Å². The minimum atomic E-state index is -0.525. The molecule has 150 valence electrons. The Labute approximate surface area is 163 Å². The summed E-state index contributed by atoms with van der Waals surface area (Å²) in [6.07, 6.45) is 1.26. The van der Waals surface area contributed by atoms with Gasteiger partial charge in [-0.25, -0.2) is 0 Å². The predicted molar refractivity (Wildman–Crippen MR) is 108 cm³/mol. The molecule has 6 heteroatoms. The van der Waals surface area contributed by atoms with E-state index in [2.05, 4.69) is 34.1 Å². The number of nitrogens with zero attached hydrogens (tertiary/aromatic N) is 3. The largest absolute Gasteiger partial charge is 0.459 e. The second kappa shape index (κ2) is 9.74. The Kier molecular flexibility index (Phi) is 7.66. The maximum atomic E-state index is 12.2. The number of esters is 1. The van der Waals surface area contributed by atoms with Crippen molar-refractivity contribution in [3.63, 3.8) is 0 Å². The molecule has 0 N–H and O–H groups in total. The highest BCUT2D eigenvalue weighted by molar-refractivity contribution is 5.81. The first-order valence-electron chi connectivity index (χ1n) is 9.73. The van der Waals surface area contributed by atoms with E-state index in [0.717, 1.165) is 39.1 Å². The van der Waals surface area contributed by atoms with Gasteiger partial charge in [-0.05, 0) is 45.9 Å². The highest BCUT2D eigenvalue weighted by atomic mass is 16.6. The summed E-state index contributed by atoms with van der Waals surface area (Å²) in [5.74, 6) is -0.376. The van der Waals surface area contributed by atoms with Crippen molar-refractivity contribution >= 4 is 17.6 Å². The van der Waals surface area contributed by atoms with Gasteiger partial charge in [0.2, 0.25) is 5.91 Å². The van der Waals surface area contributed by atoms with Crippen LogP contribution in [-0.4, -0.2) is 73.6 Å². The lowest BCUT2D eigenvalue weighted by Crippen LogP contribution is -2.46. The first-order valence-corrected chi connectivity index (χ1v) is 9.73. The number of anilines is 1. The van der Waals surface area contributed by atoms with Crippen molar-refractivity contribution in [2.75, 3.05) is 51.2 Å². The molecule has 27 heavy (non-hydrogen) atoms. The molecule has 0 atom stereocenters. The predicted octanol–water partition coefficient (Wildman–Crippen LogP) is 2.39. The molecule has 1 fully saturated rings. The summed E-state index contributed by atoms with van der Waals surface area (Å²) >= 11 is 0. The Hall–Kier alpha value is -2.08. The number of piperazine rings is 1. The first-order chi connectivity index (χ1) is 12.7. The van der Waals surface area contributed by atoms with Gasteiger partial charge in [0.1, 0.15) is 12.1 Å². The number of carbonyl (C=O) groups is 2. The van der Waals surface area contributed by atoms with Crippen LogP contribution in [0.15, 0.2) is 30.3 Å². The third-order valence-corrected chi connectivity index (χ3v) is 4.57. The zero-order chi connectivity index (χ0) is 19.9. The van der Waals surface area contributed by atoms with Crippen LogP contribution in [0.2, 0.25) is 0 Å². The van der Waals surface area contributed by atoms with Gasteiger partial charge in [0.15, 0.2) is 0 Å². The fourth-order valence-corrected chi connectivity index (χ4v) is 3.17. The number of amides is 1. The summed E-state index contributed by atoms with van der Waals surface area (Å²) in [7, 11) is 1.66. The van der Waals surface area contributed by atoms with E-state index in [1.54, 1.807) is 7.05 Å². The van der Waals surface area contributed by atoms with Gasteiger partial charge in [0, 0.05) is 45.3 Å². The summed E-state index contributed by atoms with van der Waals surface area (Å²) in [5, 5.41) is 0. The summed E-state index contributed by atoms with van der Waals surface area (Å²) in [6, 6.07) is 10.5. The van der Waals surface area contributed by atoms with Gasteiger partial charge in [-0.15, -0.1) is 0 Å². The highest BCUT2D eigenvalue weighted by Gasteiger charge is 2.20. The molecule has 1 aliphatic heterocycles. The topological polar surface area (TPSA) is 53.1 Å². The van der Waals surface area contributed by atoms with E-state index in [1.165, 1.54) is 10.6 Å². The Morgan fingerprint density at radius 1 is 1.07 bits per heavy atom. The Morgan fingerprint density at radius 3 is 2.30 bits per heavy atom. The number of hydrogen-bond acceptors (Lipinski definition) is 5. The number of carbonyl (C=O) groups excluding carboxylic acids is 2. The molecule has 1 amide bonds. The molecule has 0 bridgehead atoms. The number of benzene rings is 1. The molecule has 1 aromatic rings. The molecule has 6 nitrogen and oxygen atoms in total. The molecule has 0 unspecified atom stereocenters. The fourth-order valence-electron chi connectivity index (χ4n) is 3.17. The van der Waals surface area contributed by atoms with E-state index in [9.17, 15) is 9.59 Å². The van der Waals surface area contributed by atoms with E-state index in [0.29, 0.717) is 6.42 Å². The SMILES string of the molecule is CN(CC(=O)OC(C)(C)C)C(=O)CCCN1CCN(c2ccccc2)CC1. The molecule has 0 spiro atoms. The van der Waals surface area contributed by atoms with Crippen molar-refractivity contribution in [2.45, 2.75) is 39.2 Å². The van der Waals surface area contributed by atoms with Crippen LogP contribution in [0.3, 0.4) is 0 Å². The molecule has 1 saturated heterocycles. The molecular formula is C21H33N3O3. The standard InChI is InChI=1S/C21H33N3O3/c1-21(2,3)27-20(26)17-22(4)19(25)11-8-12-23-13-15-24(16-14-23)18-9-6-5-7-10-18/h5-7,9-10H,8,11-17H2,1-4H3. The van der Waals surface area contributed by atoms with Crippen LogP contribution in [-0.2, 0) is 14.3 Å². The fraction of sp³-hybridized carbons (Fsp3) is 0.619. The highest BCUT2D eigenvalue weighted by Crippen LogP contribution is 2.15. The van der Waals surface area contributed by atoms with Gasteiger partial charge in [0.05, 0.1) is 0 Å². The average molecular weight is 376 g/mol. The van der Waals surface area contributed by atoms with Crippen molar-refractivity contribution in [1.82, 2.24) is 9.80 Å². The third kappa shape index (κ3) is 7.59. The first kappa shape index (κ1) is 21.2. The lowest BCUT2D eigenvalue weighted by atomic mass is 10.2. The molecule has 0 radical (unpaired) electrons. The van der Waals surface area contributed by atoms with Crippen LogP contribution >= 0.6 is 0 Å². The number of para-hydroxylation sites is 1.